The van der Waals surface area contributed by atoms with Gasteiger partial charge in [-0.3, -0.25) is 0 Å². The lowest BCUT2D eigenvalue weighted by atomic mass is 9.40. The van der Waals surface area contributed by atoms with Crippen LogP contribution in [-0.4, -0.2) is 18.8 Å². The van der Waals surface area contributed by atoms with Gasteiger partial charge in [0.2, 0.25) is 0 Å². The fourth-order valence-electron chi connectivity index (χ4n) is 7.57. The molecule has 2 N–H and O–H groups in total. The zero-order valence-electron chi connectivity index (χ0n) is 14.8. The summed E-state index contributed by atoms with van der Waals surface area (Å²) in [6.07, 6.45) is 12.8. The molecular weight excluding hydrogens is 268 g/mol. The number of fused-ring (bicyclic) bond motifs is 2. The molecule has 6 atom stereocenters. The van der Waals surface area contributed by atoms with E-state index in [0.717, 1.165) is 11.8 Å². The molecule has 0 amide bonds. The van der Waals surface area contributed by atoms with E-state index in [-0.39, 0.29) is 0 Å². The van der Waals surface area contributed by atoms with Gasteiger partial charge in [-0.15, -0.1) is 0 Å². The summed E-state index contributed by atoms with van der Waals surface area (Å²) in [5.41, 5.74) is 1.67. The number of hydrogen-bond donors (Lipinski definition) is 2. The predicted octanol–water partition coefficient (Wildman–Crippen LogP) is 4.64. The third-order valence-corrected chi connectivity index (χ3v) is 8.64. The van der Waals surface area contributed by atoms with E-state index in [2.05, 4.69) is 26.1 Å². The van der Waals surface area contributed by atoms with Gasteiger partial charge in [0.05, 0.1) is 0 Å². The number of nitrogens with one attached hydrogen (secondary N) is 2. The van der Waals surface area contributed by atoms with Gasteiger partial charge in [0.25, 0.3) is 0 Å². The van der Waals surface area contributed by atoms with Gasteiger partial charge < -0.3 is 10.7 Å². The third-order valence-electron chi connectivity index (χ3n) is 8.64. The Hall–Kier alpha value is -0.370. The summed E-state index contributed by atoms with van der Waals surface area (Å²) >= 11 is 0. The van der Waals surface area contributed by atoms with Gasteiger partial charge in [-0.25, -0.2) is 0 Å². The highest BCUT2D eigenvalue weighted by Crippen LogP contribution is 2.68. The van der Waals surface area contributed by atoms with Crippen LogP contribution in [0.5, 0.6) is 0 Å². The summed E-state index contributed by atoms with van der Waals surface area (Å²) in [6.45, 7) is 9.00. The van der Waals surface area contributed by atoms with Crippen LogP contribution in [0.4, 0.5) is 0 Å². The summed E-state index contributed by atoms with van der Waals surface area (Å²) in [7, 11) is 0. The minimum absolute atomic E-state index is 0.527. The monoisotopic (exact) mass is 302 g/mol. The minimum Gasteiger partial charge on any atom is -0.313 e. The fourth-order valence-corrected chi connectivity index (χ4v) is 7.57. The highest BCUT2D eigenvalue weighted by molar-refractivity contribution is 5.57. The normalized spacial score (nSPS) is 53.2. The van der Waals surface area contributed by atoms with E-state index in [1.54, 1.807) is 6.21 Å². The van der Waals surface area contributed by atoms with Gasteiger partial charge in [0, 0.05) is 18.0 Å². The first kappa shape index (κ1) is 15.2. The second kappa shape index (κ2) is 4.82. The average Bonchev–Trinajstić information content (AvgIpc) is 2.55. The zero-order valence-corrected chi connectivity index (χ0v) is 14.8. The quantitative estimate of drug-likeness (QED) is 0.680. The molecule has 0 bridgehead atoms. The van der Waals surface area contributed by atoms with Crippen LogP contribution in [0.1, 0.15) is 72.1 Å². The number of hydrogen-bond acceptors (Lipinski definition) is 2. The molecule has 4 fully saturated rings. The fraction of sp³-hybridized carbons (Fsp3) is 0.950. The molecule has 2 nitrogen and oxygen atoms in total. The van der Waals surface area contributed by atoms with E-state index >= 15 is 0 Å². The standard InChI is InChI=1S/C20H34N2/c1-18(2)8-4-9-19(3)15(18)7-10-20-13-22-17(20)11-14(12-21)5-6-16(19)20/h12,14-17,21-22H,4-11,13H2,1-3H3/t14?,15-,16?,17+,19-,20-/m0/s1. The molecule has 1 saturated heterocycles. The van der Waals surface area contributed by atoms with Gasteiger partial charge in [-0.1, -0.05) is 27.2 Å². The van der Waals surface area contributed by atoms with Crippen molar-refractivity contribution in [2.24, 2.45) is 34.0 Å². The first-order chi connectivity index (χ1) is 10.4. The molecule has 1 spiro atoms. The lowest BCUT2D eigenvalue weighted by Crippen LogP contribution is -2.70. The summed E-state index contributed by atoms with van der Waals surface area (Å²) in [5.74, 6) is 2.34. The predicted molar refractivity (Wildman–Crippen MR) is 92.3 cm³/mol. The van der Waals surface area contributed by atoms with Crippen molar-refractivity contribution >= 4 is 6.21 Å². The summed E-state index contributed by atoms with van der Waals surface area (Å²) < 4.78 is 0. The van der Waals surface area contributed by atoms with Gasteiger partial charge in [0.1, 0.15) is 0 Å². The van der Waals surface area contributed by atoms with Gasteiger partial charge in [-0.2, -0.15) is 0 Å². The van der Waals surface area contributed by atoms with E-state index in [1.165, 1.54) is 57.9 Å². The molecule has 3 aliphatic carbocycles. The first-order valence-electron chi connectivity index (χ1n) is 9.66. The van der Waals surface area contributed by atoms with Crippen LogP contribution in [0.3, 0.4) is 0 Å². The van der Waals surface area contributed by atoms with Crippen LogP contribution >= 0.6 is 0 Å². The topological polar surface area (TPSA) is 35.9 Å². The lowest BCUT2D eigenvalue weighted by molar-refractivity contribution is -0.167. The van der Waals surface area contributed by atoms with Crippen LogP contribution in [0.2, 0.25) is 0 Å². The highest BCUT2D eigenvalue weighted by atomic mass is 15.1. The van der Waals surface area contributed by atoms with Crippen LogP contribution in [0, 0.1) is 39.4 Å². The van der Waals surface area contributed by atoms with Gasteiger partial charge in [-0.05, 0) is 79.7 Å². The molecule has 0 aromatic carbocycles. The van der Waals surface area contributed by atoms with Crippen molar-refractivity contribution in [3.63, 3.8) is 0 Å². The molecule has 124 valence electrons. The maximum absolute atomic E-state index is 7.77. The highest BCUT2D eigenvalue weighted by Gasteiger charge is 2.64. The minimum atomic E-state index is 0.527. The molecule has 1 aliphatic heterocycles. The van der Waals surface area contributed by atoms with Crippen LogP contribution in [-0.2, 0) is 0 Å². The molecule has 22 heavy (non-hydrogen) atoms. The van der Waals surface area contributed by atoms with Crippen molar-refractivity contribution in [3.05, 3.63) is 0 Å². The molecule has 3 saturated carbocycles. The Kier molecular flexibility index (Phi) is 3.32. The SMILES string of the molecule is CC1(C)CCC[C@]2(C)C3CCC(C=N)C[C@H]4NC[C@@]34CC[C@@H]12. The first-order valence-corrected chi connectivity index (χ1v) is 9.66. The molecule has 0 radical (unpaired) electrons. The summed E-state index contributed by atoms with van der Waals surface area (Å²) in [5, 5.41) is 11.5. The largest absolute Gasteiger partial charge is 0.313 e. The third kappa shape index (κ3) is 1.85. The second-order valence-electron chi connectivity index (χ2n) is 9.90. The molecular formula is C20H34N2. The van der Waals surface area contributed by atoms with E-state index in [4.69, 9.17) is 5.41 Å². The van der Waals surface area contributed by atoms with E-state index in [9.17, 15) is 0 Å². The smallest absolute Gasteiger partial charge is 0.0145 e. The summed E-state index contributed by atoms with van der Waals surface area (Å²) in [6, 6.07) is 0.703. The van der Waals surface area contributed by atoms with E-state index in [0.29, 0.717) is 28.2 Å². The van der Waals surface area contributed by atoms with Crippen molar-refractivity contribution in [1.82, 2.24) is 5.32 Å². The van der Waals surface area contributed by atoms with Crippen molar-refractivity contribution in [3.8, 4) is 0 Å². The number of rotatable bonds is 1. The Balaban J connectivity index is 1.71. The van der Waals surface area contributed by atoms with Crippen molar-refractivity contribution in [2.75, 3.05) is 6.54 Å². The van der Waals surface area contributed by atoms with E-state index in [1.807, 2.05) is 0 Å². The molecule has 1 heterocycles. The molecule has 0 aromatic heterocycles. The maximum atomic E-state index is 7.77. The van der Waals surface area contributed by atoms with Crippen LogP contribution in [0.15, 0.2) is 0 Å². The Morgan fingerprint density at radius 3 is 2.50 bits per heavy atom. The van der Waals surface area contributed by atoms with Crippen molar-refractivity contribution in [2.45, 2.75) is 78.2 Å². The molecule has 0 aromatic rings. The molecule has 2 unspecified atom stereocenters. The molecule has 4 rings (SSSR count). The Bertz CT molecular complexity index is 470. The Morgan fingerprint density at radius 2 is 1.82 bits per heavy atom. The zero-order chi connectivity index (χ0) is 15.6. The lowest BCUT2D eigenvalue weighted by Gasteiger charge is -2.68. The molecule has 2 heteroatoms. The van der Waals surface area contributed by atoms with E-state index < -0.39 is 0 Å². The maximum Gasteiger partial charge on any atom is 0.0145 e. The van der Waals surface area contributed by atoms with Gasteiger partial charge in [0.15, 0.2) is 0 Å². The summed E-state index contributed by atoms with van der Waals surface area (Å²) in [4.78, 5) is 0. The Morgan fingerprint density at radius 1 is 1.00 bits per heavy atom. The van der Waals surface area contributed by atoms with Crippen molar-refractivity contribution in [1.29, 1.82) is 5.41 Å². The average molecular weight is 303 g/mol. The van der Waals surface area contributed by atoms with Crippen molar-refractivity contribution < 1.29 is 0 Å². The van der Waals surface area contributed by atoms with Crippen LogP contribution in [0.25, 0.3) is 0 Å². The second-order valence-corrected chi connectivity index (χ2v) is 9.90. The molecule has 4 aliphatic rings. The van der Waals surface area contributed by atoms with Gasteiger partial charge >= 0.3 is 0 Å². The Labute approximate surface area is 136 Å². The van der Waals surface area contributed by atoms with Crippen LogP contribution < -0.4 is 5.32 Å².